The van der Waals surface area contributed by atoms with Gasteiger partial charge in [0.2, 0.25) is 0 Å². The smallest absolute Gasteiger partial charge is 0.172 e. The molecule has 8 heteroatoms. The second kappa shape index (κ2) is 8.31. The Bertz CT molecular complexity index is 1290. The van der Waals surface area contributed by atoms with Gasteiger partial charge in [0.05, 0.1) is 43.0 Å². The molecule has 0 aliphatic carbocycles. The predicted octanol–water partition coefficient (Wildman–Crippen LogP) is 3.64. The van der Waals surface area contributed by atoms with E-state index in [0.717, 1.165) is 35.2 Å². The number of benzene rings is 1. The van der Waals surface area contributed by atoms with Crippen LogP contribution in [-0.2, 0) is 4.74 Å². The maximum absolute atomic E-state index is 9.72. The summed E-state index contributed by atoms with van der Waals surface area (Å²) in [5.41, 5.74) is 2.81. The van der Waals surface area contributed by atoms with Crippen LogP contribution in [0.15, 0.2) is 30.5 Å². The first-order valence-electron chi connectivity index (χ1n) is 11.2. The van der Waals surface area contributed by atoms with Gasteiger partial charge >= 0.3 is 0 Å². The van der Waals surface area contributed by atoms with E-state index in [-0.39, 0.29) is 11.7 Å². The lowest BCUT2D eigenvalue weighted by Crippen LogP contribution is -2.46. The van der Waals surface area contributed by atoms with Crippen molar-refractivity contribution in [3.63, 3.8) is 0 Å². The molecule has 0 spiro atoms. The lowest BCUT2D eigenvalue weighted by molar-refractivity contribution is 0.0902. The highest BCUT2D eigenvalue weighted by molar-refractivity contribution is 5.96. The van der Waals surface area contributed by atoms with Crippen LogP contribution < -0.4 is 9.80 Å². The molecule has 2 aliphatic rings. The van der Waals surface area contributed by atoms with Crippen LogP contribution in [0.25, 0.3) is 10.8 Å². The SMILES string of the molecule is Cc1cccc([C@@H](C)N(C)c2nnc(C#N)c3cnc(N4C5CCC4COC5)cc23)c1C#N. The monoisotopic (exact) mass is 439 g/mol. The molecule has 2 fully saturated rings. The first kappa shape index (κ1) is 21.1. The molecular weight excluding hydrogens is 414 g/mol. The molecule has 5 rings (SSSR count). The van der Waals surface area contributed by atoms with Crippen molar-refractivity contribution in [3.8, 4) is 12.1 Å². The first-order chi connectivity index (χ1) is 16.0. The fourth-order valence-corrected chi connectivity index (χ4v) is 5.09. The average Bonchev–Trinajstić information content (AvgIpc) is 3.09. The van der Waals surface area contributed by atoms with Crippen LogP contribution in [0, 0.1) is 29.6 Å². The molecule has 0 amide bonds. The van der Waals surface area contributed by atoms with E-state index in [1.54, 1.807) is 6.20 Å². The second-order valence-corrected chi connectivity index (χ2v) is 8.84. The highest BCUT2D eigenvalue weighted by Gasteiger charge is 2.38. The number of aromatic nitrogens is 3. The summed E-state index contributed by atoms with van der Waals surface area (Å²) in [5, 5.41) is 29.5. The number of ether oxygens (including phenoxy) is 1. The molecule has 1 aromatic carbocycles. The van der Waals surface area contributed by atoms with E-state index in [9.17, 15) is 10.5 Å². The maximum atomic E-state index is 9.72. The third-order valence-electron chi connectivity index (χ3n) is 7.02. The van der Waals surface area contributed by atoms with Gasteiger partial charge in [0.25, 0.3) is 0 Å². The van der Waals surface area contributed by atoms with Crippen molar-refractivity contribution in [1.82, 2.24) is 15.2 Å². The molecule has 4 heterocycles. The van der Waals surface area contributed by atoms with Gasteiger partial charge in [-0.1, -0.05) is 18.2 Å². The van der Waals surface area contributed by atoms with Crippen molar-refractivity contribution < 1.29 is 4.74 Å². The Kier molecular flexibility index (Phi) is 5.32. The van der Waals surface area contributed by atoms with Crippen LogP contribution >= 0.6 is 0 Å². The molecule has 2 bridgehead atoms. The minimum Gasteiger partial charge on any atom is -0.377 e. The van der Waals surface area contributed by atoms with Gasteiger partial charge in [-0.15, -0.1) is 10.2 Å². The number of hydrogen-bond donors (Lipinski definition) is 0. The van der Waals surface area contributed by atoms with Crippen molar-refractivity contribution in [2.45, 2.75) is 44.8 Å². The minimum absolute atomic E-state index is 0.124. The lowest BCUT2D eigenvalue weighted by Gasteiger charge is -2.36. The normalized spacial score (nSPS) is 20.3. The summed E-state index contributed by atoms with van der Waals surface area (Å²) in [5.74, 6) is 1.54. The van der Waals surface area contributed by atoms with Crippen LogP contribution in [0.3, 0.4) is 0 Å². The lowest BCUT2D eigenvalue weighted by atomic mass is 9.97. The topological polar surface area (TPSA) is 102 Å². The van der Waals surface area contributed by atoms with Crippen LogP contribution in [0.2, 0.25) is 0 Å². The van der Waals surface area contributed by atoms with Crippen molar-refractivity contribution >= 4 is 22.4 Å². The maximum Gasteiger partial charge on any atom is 0.172 e. The average molecular weight is 440 g/mol. The van der Waals surface area contributed by atoms with E-state index >= 15 is 0 Å². The van der Waals surface area contributed by atoms with Gasteiger partial charge in [-0.2, -0.15) is 10.5 Å². The van der Waals surface area contributed by atoms with E-state index in [1.807, 2.05) is 50.1 Å². The van der Waals surface area contributed by atoms with E-state index in [2.05, 4.69) is 27.2 Å². The summed E-state index contributed by atoms with van der Waals surface area (Å²) >= 11 is 0. The van der Waals surface area contributed by atoms with Crippen LogP contribution in [0.1, 0.15) is 48.2 Å². The minimum atomic E-state index is -0.124. The summed E-state index contributed by atoms with van der Waals surface area (Å²) in [4.78, 5) is 9.09. The number of fused-ring (bicyclic) bond motifs is 3. The third-order valence-corrected chi connectivity index (χ3v) is 7.02. The number of nitriles is 2. The number of aryl methyl sites for hydroxylation is 1. The van der Waals surface area contributed by atoms with E-state index in [0.29, 0.717) is 42.1 Å². The Balaban J connectivity index is 1.61. The molecule has 0 saturated carbocycles. The molecule has 3 atom stereocenters. The Hall–Kier alpha value is -3.75. The highest BCUT2D eigenvalue weighted by Crippen LogP contribution is 2.37. The zero-order chi connectivity index (χ0) is 23.1. The van der Waals surface area contributed by atoms with Gasteiger partial charge in [0.1, 0.15) is 11.9 Å². The van der Waals surface area contributed by atoms with Crippen LogP contribution in [-0.4, -0.2) is 47.5 Å². The molecular formula is C25H25N7O. The van der Waals surface area contributed by atoms with Gasteiger partial charge in [0.15, 0.2) is 11.5 Å². The summed E-state index contributed by atoms with van der Waals surface area (Å²) in [7, 11) is 1.95. The summed E-state index contributed by atoms with van der Waals surface area (Å²) < 4.78 is 5.74. The molecule has 166 valence electrons. The van der Waals surface area contributed by atoms with Crippen molar-refractivity contribution in [1.29, 1.82) is 10.5 Å². The van der Waals surface area contributed by atoms with Crippen molar-refractivity contribution in [2.24, 2.45) is 0 Å². The zero-order valence-corrected chi connectivity index (χ0v) is 19.0. The molecule has 33 heavy (non-hydrogen) atoms. The fraction of sp³-hybridized carbons (Fsp3) is 0.400. The molecule has 8 nitrogen and oxygen atoms in total. The summed E-state index contributed by atoms with van der Waals surface area (Å²) in [6.45, 7) is 5.41. The van der Waals surface area contributed by atoms with E-state index in [4.69, 9.17) is 9.72 Å². The van der Waals surface area contributed by atoms with E-state index < -0.39 is 0 Å². The number of morpholine rings is 1. The van der Waals surface area contributed by atoms with Gasteiger partial charge in [-0.25, -0.2) is 4.98 Å². The van der Waals surface area contributed by atoms with Gasteiger partial charge < -0.3 is 14.5 Å². The number of rotatable bonds is 4. The predicted molar refractivity (Wildman–Crippen MR) is 125 cm³/mol. The first-order valence-corrected chi connectivity index (χ1v) is 11.2. The van der Waals surface area contributed by atoms with Crippen LogP contribution in [0.5, 0.6) is 0 Å². The van der Waals surface area contributed by atoms with Gasteiger partial charge in [-0.05, 0) is 43.9 Å². The molecule has 3 aromatic rings. The molecule has 2 unspecified atom stereocenters. The number of hydrogen-bond acceptors (Lipinski definition) is 8. The molecule has 0 N–H and O–H groups in total. The largest absolute Gasteiger partial charge is 0.377 e. The molecule has 2 aromatic heterocycles. The Labute approximate surface area is 193 Å². The second-order valence-electron chi connectivity index (χ2n) is 8.84. The highest BCUT2D eigenvalue weighted by atomic mass is 16.5. The van der Waals surface area contributed by atoms with E-state index in [1.165, 1.54) is 0 Å². The Morgan fingerprint density at radius 1 is 1.12 bits per heavy atom. The van der Waals surface area contributed by atoms with Crippen LogP contribution in [0.4, 0.5) is 11.6 Å². The number of pyridine rings is 1. The molecule has 2 aliphatic heterocycles. The van der Waals surface area contributed by atoms with Gasteiger partial charge in [-0.3, -0.25) is 0 Å². The van der Waals surface area contributed by atoms with Gasteiger partial charge in [0, 0.05) is 24.0 Å². The Morgan fingerprint density at radius 3 is 2.58 bits per heavy atom. The summed E-state index contributed by atoms with van der Waals surface area (Å²) in [6, 6.07) is 12.9. The number of anilines is 2. The van der Waals surface area contributed by atoms with Crippen molar-refractivity contribution in [2.75, 3.05) is 30.1 Å². The fourth-order valence-electron chi connectivity index (χ4n) is 5.09. The molecule has 0 radical (unpaired) electrons. The Morgan fingerprint density at radius 2 is 1.88 bits per heavy atom. The zero-order valence-electron chi connectivity index (χ0n) is 19.0. The van der Waals surface area contributed by atoms with Crippen molar-refractivity contribution in [3.05, 3.63) is 52.8 Å². The number of nitrogens with zero attached hydrogens (tertiary/aromatic N) is 7. The standard InChI is InChI=1S/C25H25N7O/c1-15-5-4-6-19(21(15)10-26)16(2)31(3)25-20-9-24(28-12-22(20)23(11-27)29-30-25)32-17-7-8-18(32)14-33-13-17/h4-6,9,12,16-18H,7-8,13-14H2,1-3H3/t16-,17?,18?/m1/s1. The third kappa shape index (κ3) is 3.44. The molecule has 2 saturated heterocycles. The quantitative estimate of drug-likeness (QED) is 0.607. The summed E-state index contributed by atoms with van der Waals surface area (Å²) in [6.07, 6.45) is 3.93.